The molecule has 1 aromatic carbocycles. The normalized spacial score (nSPS) is 9.89. The molecule has 0 saturated heterocycles. The molecule has 1 aromatic heterocycles. The van der Waals surface area contributed by atoms with Gasteiger partial charge in [0, 0.05) is 5.02 Å². The highest BCUT2D eigenvalue weighted by Crippen LogP contribution is 2.21. The van der Waals surface area contributed by atoms with Crippen molar-refractivity contribution in [3.63, 3.8) is 0 Å². The zero-order valence-corrected chi connectivity index (χ0v) is 11.1. The first-order valence-electron chi connectivity index (χ1n) is 5.16. The van der Waals surface area contributed by atoms with Gasteiger partial charge in [0.25, 0.3) is 0 Å². The van der Waals surface area contributed by atoms with Gasteiger partial charge in [0.1, 0.15) is 12.4 Å². The van der Waals surface area contributed by atoms with E-state index in [0.29, 0.717) is 21.4 Å². The molecule has 0 spiro atoms. The molecule has 0 aliphatic heterocycles. The summed E-state index contributed by atoms with van der Waals surface area (Å²) in [4.78, 5) is 15.6. The summed E-state index contributed by atoms with van der Waals surface area (Å²) in [7, 11) is 0. The molecule has 0 atom stereocenters. The van der Waals surface area contributed by atoms with E-state index in [1.54, 1.807) is 12.1 Å². The SMILES string of the molecule is N#Cc1ccc(Cl)cc1NC(=O)CSc1ncn[nH]1. The number of carbonyl (C=O) groups excluding carboxylic acids is 1. The van der Waals surface area contributed by atoms with Crippen molar-refractivity contribution in [3.8, 4) is 6.07 Å². The van der Waals surface area contributed by atoms with Crippen molar-refractivity contribution in [1.82, 2.24) is 15.2 Å². The standard InChI is InChI=1S/C11H8ClN5OS/c12-8-2-1-7(4-13)9(3-8)16-10(18)5-19-11-14-6-15-17-11/h1-3,6H,5H2,(H,16,18)(H,14,15,17). The van der Waals surface area contributed by atoms with Crippen LogP contribution >= 0.6 is 23.4 Å². The summed E-state index contributed by atoms with van der Waals surface area (Å²) in [5.74, 6) is -0.0905. The fourth-order valence-electron chi connectivity index (χ4n) is 1.30. The first kappa shape index (κ1) is 13.4. The average Bonchev–Trinajstić information content (AvgIpc) is 2.90. The third-order valence-electron chi connectivity index (χ3n) is 2.11. The Bertz CT molecular complexity index is 623. The van der Waals surface area contributed by atoms with E-state index in [1.807, 2.05) is 6.07 Å². The molecule has 0 bridgehead atoms. The van der Waals surface area contributed by atoms with Gasteiger partial charge < -0.3 is 5.32 Å². The number of thioether (sulfide) groups is 1. The van der Waals surface area contributed by atoms with E-state index < -0.39 is 0 Å². The molecule has 8 heteroatoms. The largest absolute Gasteiger partial charge is 0.324 e. The summed E-state index contributed by atoms with van der Waals surface area (Å²) in [5, 5.41) is 18.9. The number of rotatable bonds is 4. The van der Waals surface area contributed by atoms with E-state index in [4.69, 9.17) is 16.9 Å². The van der Waals surface area contributed by atoms with Crippen LogP contribution in [0.15, 0.2) is 29.7 Å². The van der Waals surface area contributed by atoms with Crippen molar-refractivity contribution < 1.29 is 4.79 Å². The molecule has 0 radical (unpaired) electrons. The first-order valence-corrected chi connectivity index (χ1v) is 6.53. The topological polar surface area (TPSA) is 94.5 Å². The highest BCUT2D eigenvalue weighted by Gasteiger charge is 2.09. The maximum atomic E-state index is 11.7. The summed E-state index contributed by atoms with van der Waals surface area (Å²) in [6.07, 6.45) is 1.37. The molecule has 1 amide bonds. The summed E-state index contributed by atoms with van der Waals surface area (Å²) >= 11 is 7.04. The smallest absolute Gasteiger partial charge is 0.234 e. The van der Waals surface area contributed by atoms with E-state index in [-0.39, 0.29) is 11.7 Å². The third-order valence-corrected chi connectivity index (χ3v) is 3.22. The van der Waals surface area contributed by atoms with Gasteiger partial charge in [-0.25, -0.2) is 4.98 Å². The first-order chi connectivity index (χ1) is 9.19. The number of carbonyl (C=O) groups is 1. The van der Waals surface area contributed by atoms with Crippen LogP contribution in [-0.2, 0) is 4.79 Å². The summed E-state index contributed by atoms with van der Waals surface area (Å²) in [6, 6.07) is 6.68. The molecule has 1 heterocycles. The minimum atomic E-state index is -0.250. The van der Waals surface area contributed by atoms with Crippen molar-refractivity contribution in [3.05, 3.63) is 35.1 Å². The molecule has 0 aliphatic rings. The average molecular weight is 294 g/mol. The van der Waals surface area contributed by atoms with Crippen LogP contribution in [0.5, 0.6) is 0 Å². The van der Waals surface area contributed by atoms with E-state index in [9.17, 15) is 4.79 Å². The van der Waals surface area contributed by atoms with Gasteiger partial charge in [0.2, 0.25) is 5.91 Å². The second-order valence-electron chi connectivity index (χ2n) is 3.43. The minimum Gasteiger partial charge on any atom is -0.324 e. The van der Waals surface area contributed by atoms with Gasteiger partial charge in [-0.05, 0) is 18.2 Å². The summed E-state index contributed by atoms with van der Waals surface area (Å²) < 4.78 is 0. The predicted molar refractivity (Wildman–Crippen MR) is 71.9 cm³/mol. The van der Waals surface area contributed by atoms with Crippen LogP contribution in [0.1, 0.15) is 5.56 Å². The van der Waals surface area contributed by atoms with Gasteiger partial charge in [0.15, 0.2) is 5.16 Å². The van der Waals surface area contributed by atoms with E-state index in [1.165, 1.54) is 24.2 Å². The fraction of sp³-hybridized carbons (Fsp3) is 0.0909. The monoisotopic (exact) mass is 293 g/mol. The number of benzene rings is 1. The Kier molecular flexibility index (Phi) is 4.39. The Labute approximate surface area is 118 Å². The lowest BCUT2D eigenvalue weighted by molar-refractivity contribution is -0.113. The zero-order chi connectivity index (χ0) is 13.7. The van der Waals surface area contributed by atoms with Gasteiger partial charge in [-0.2, -0.15) is 10.4 Å². The number of anilines is 1. The quantitative estimate of drug-likeness (QED) is 0.841. The lowest BCUT2D eigenvalue weighted by Crippen LogP contribution is -2.15. The maximum absolute atomic E-state index is 11.7. The molecule has 0 fully saturated rings. The lowest BCUT2D eigenvalue weighted by Gasteiger charge is -2.06. The lowest BCUT2D eigenvalue weighted by atomic mass is 10.2. The van der Waals surface area contributed by atoms with Crippen LogP contribution in [0.2, 0.25) is 5.02 Å². The van der Waals surface area contributed by atoms with Gasteiger partial charge >= 0.3 is 0 Å². The Morgan fingerprint density at radius 2 is 2.42 bits per heavy atom. The number of hydrogen-bond donors (Lipinski definition) is 2. The Hall–Kier alpha value is -2.04. The van der Waals surface area contributed by atoms with Gasteiger partial charge in [-0.1, -0.05) is 23.4 Å². The highest BCUT2D eigenvalue weighted by atomic mass is 35.5. The van der Waals surface area contributed by atoms with Crippen molar-refractivity contribution in [2.24, 2.45) is 0 Å². The molecule has 0 aliphatic carbocycles. The number of nitriles is 1. The number of nitrogens with zero attached hydrogens (tertiary/aromatic N) is 3. The Morgan fingerprint density at radius 1 is 1.58 bits per heavy atom. The number of aromatic amines is 1. The molecule has 0 unspecified atom stereocenters. The van der Waals surface area contributed by atoms with Gasteiger partial charge in [-0.15, -0.1) is 0 Å². The third kappa shape index (κ3) is 3.71. The fourth-order valence-corrected chi connectivity index (χ4v) is 2.05. The molecule has 2 N–H and O–H groups in total. The molecule has 6 nitrogen and oxygen atoms in total. The molecule has 2 aromatic rings. The molecule has 2 rings (SSSR count). The van der Waals surface area contributed by atoms with Crippen LogP contribution in [0.25, 0.3) is 0 Å². The van der Waals surface area contributed by atoms with Gasteiger partial charge in [0.05, 0.1) is 17.0 Å². The van der Waals surface area contributed by atoms with Crippen molar-refractivity contribution in [1.29, 1.82) is 5.26 Å². The molecular weight excluding hydrogens is 286 g/mol. The van der Waals surface area contributed by atoms with Crippen LogP contribution in [0.4, 0.5) is 5.69 Å². The number of nitrogens with one attached hydrogen (secondary N) is 2. The second-order valence-corrected chi connectivity index (χ2v) is 4.83. The number of halogens is 1. The van der Waals surface area contributed by atoms with Crippen LogP contribution in [0.3, 0.4) is 0 Å². The molecule has 19 heavy (non-hydrogen) atoms. The van der Waals surface area contributed by atoms with Crippen molar-refractivity contribution >= 4 is 35.0 Å². The Balaban J connectivity index is 1.99. The summed E-state index contributed by atoms with van der Waals surface area (Å²) in [5.41, 5.74) is 0.764. The van der Waals surface area contributed by atoms with Gasteiger partial charge in [-0.3, -0.25) is 9.89 Å². The highest BCUT2D eigenvalue weighted by molar-refractivity contribution is 7.99. The molecule has 0 saturated carbocycles. The molecule has 96 valence electrons. The zero-order valence-electron chi connectivity index (χ0n) is 9.55. The second kappa shape index (κ2) is 6.22. The predicted octanol–water partition coefficient (Wildman–Crippen LogP) is 2.06. The number of hydrogen-bond acceptors (Lipinski definition) is 5. The molecular formula is C11H8ClN5OS. The van der Waals surface area contributed by atoms with E-state index >= 15 is 0 Å². The maximum Gasteiger partial charge on any atom is 0.234 e. The van der Waals surface area contributed by atoms with Crippen LogP contribution in [0, 0.1) is 11.3 Å². The summed E-state index contributed by atoms with van der Waals surface area (Å²) in [6.45, 7) is 0. The van der Waals surface area contributed by atoms with Crippen molar-refractivity contribution in [2.75, 3.05) is 11.1 Å². The minimum absolute atomic E-state index is 0.159. The number of amides is 1. The van der Waals surface area contributed by atoms with E-state index in [2.05, 4.69) is 20.5 Å². The van der Waals surface area contributed by atoms with Crippen molar-refractivity contribution in [2.45, 2.75) is 5.16 Å². The number of H-pyrrole nitrogens is 1. The van der Waals surface area contributed by atoms with E-state index in [0.717, 1.165) is 0 Å². The number of aromatic nitrogens is 3. The Morgan fingerprint density at radius 3 is 3.11 bits per heavy atom. The van der Waals surface area contributed by atoms with Crippen LogP contribution < -0.4 is 5.32 Å². The van der Waals surface area contributed by atoms with Crippen LogP contribution in [-0.4, -0.2) is 26.8 Å².